The topological polar surface area (TPSA) is 64.5 Å². The van der Waals surface area contributed by atoms with Crippen LogP contribution in [-0.4, -0.2) is 31.6 Å². The Morgan fingerprint density at radius 3 is 2.53 bits per heavy atom. The van der Waals surface area contributed by atoms with Crippen molar-refractivity contribution in [2.75, 3.05) is 32.2 Å². The summed E-state index contributed by atoms with van der Waals surface area (Å²) in [5.41, 5.74) is 12.6. The predicted octanol–water partition coefficient (Wildman–Crippen LogP) is 1.18. The number of nitrogen functional groups attached to an aromatic ring is 2. The zero-order valence-electron chi connectivity index (χ0n) is 9.53. The number of likely N-dealkylation sites (N-methyl/N-ethyl adjacent to an activating group) is 1. The molecule has 0 heterocycles. The molecule has 0 bridgehead atoms. The molecule has 1 atom stereocenters. The lowest BCUT2D eigenvalue weighted by Crippen LogP contribution is -2.30. The van der Waals surface area contributed by atoms with Gasteiger partial charge in [0.25, 0.3) is 0 Å². The van der Waals surface area contributed by atoms with Crippen LogP contribution in [0.25, 0.3) is 0 Å². The molecule has 1 aromatic rings. The first kappa shape index (κ1) is 11.7. The van der Waals surface area contributed by atoms with Crippen LogP contribution in [0.15, 0.2) is 18.2 Å². The van der Waals surface area contributed by atoms with Crippen molar-refractivity contribution < 1.29 is 4.74 Å². The van der Waals surface area contributed by atoms with Gasteiger partial charge in [0.2, 0.25) is 0 Å². The van der Waals surface area contributed by atoms with Crippen LogP contribution in [0.5, 0.6) is 5.75 Å². The molecule has 0 fully saturated rings. The molecule has 84 valence electrons. The highest BCUT2D eigenvalue weighted by Crippen LogP contribution is 2.23. The summed E-state index contributed by atoms with van der Waals surface area (Å²) in [7, 11) is 4.03. The lowest BCUT2D eigenvalue weighted by Gasteiger charge is -2.20. The summed E-state index contributed by atoms with van der Waals surface area (Å²) in [5, 5.41) is 0. The molecule has 0 saturated heterocycles. The number of nitrogens with two attached hydrogens (primary N) is 2. The molecule has 0 aliphatic heterocycles. The molecule has 4 nitrogen and oxygen atoms in total. The zero-order chi connectivity index (χ0) is 11.4. The highest BCUT2D eigenvalue weighted by Gasteiger charge is 2.06. The molecule has 1 unspecified atom stereocenters. The number of benzene rings is 1. The molecule has 0 aromatic heterocycles. The standard InChI is InChI=1S/C11H19N3O/c1-8(14(2)3)7-15-11-5-4-9(12)6-10(11)13/h4-6,8H,7,12-13H2,1-3H3. The summed E-state index contributed by atoms with van der Waals surface area (Å²) in [4.78, 5) is 2.09. The number of nitrogens with zero attached hydrogens (tertiary/aromatic N) is 1. The van der Waals surface area contributed by atoms with E-state index in [4.69, 9.17) is 16.2 Å². The van der Waals surface area contributed by atoms with Gasteiger partial charge in [-0.1, -0.05) is 0 Å². The minimum Gasteiger partial charge on any atom is -0.490 e. The van der Waals surface area contributed by atoms with E-state index in [0.717, 1.165) is 0 Å². The Morgan fingerprint density at radius 1 is 1.33 bits per heavy atom. The van der Waals surface area contributed by atoms with E-state index in [2.05, 4.69) is 11.8 Å². The fourth-order valence-electron chi connectivity index (χ4n) is 1.06. The van der Waals surface area contributed by atoms with E-state index in [1.54, 1.807) is 18.2 Å². The Morgan fingerprint density at radius 2 is 2.00 bits per heavy atom. The highest BCUT2D eigenvalue weighted by atomic mass is 16.5. The number of anilines is 2. The zero-order valence-corrected chi connectivity index (χ0v) is 9.53. The van der Waals surface area contributed by atoms with Crippen LogP contribution in [0.3, 0.4) is 0 Å². The van der Waals surface area contributed by atoms with E-state index in [-0.39, 0.29) is 0 Å². The van der Waals surface area contributed by atoms with Gasteiger partial charge >= 0.3 is 0 Å². The monoisotopic (exact) mass is 209 g/mol. The fraction of sp³-hybridized carbons (Fsp3) is 0.455. The minimum absolute atomic E-state index is 0.349. The van der Waals surface area contributed by atoms with Crippen LogP contribution in [0.1, 0.15) is 6.92 Å². The Labute approximate surface area is 90.8 Å². The van der Waals surface area contributed by atoms with E-state index >= 15 is 0 Å². The van der Waals surface area contributed by atoms with Crippen molar-refractivity contribution in [2.24, 2.45) is 0 Å². The first-order valence-electron chi connectivity index (χ1n) is 4.95. The van der Waals surface area contributed by atoms with Crippen LogP contribution in [0.4, 0.5) is 11.4 Å². The maximum atomic E-state index is 5.77. The van der Waals surface area contributed by atoms with Crippen LogP contribution in [-0.2, 0) is 0 Å². The Balaban J connectivity index is 2.58. The van der Waals surface area contributed by atoms with Gasteiger partial charge < -0.3 is 21.1 Å². The predicted molar refractivity (Wildman–Crippen MR) is 63.9 cm³/mol. The average molecular weight is 209 g/mol. The number of hydrogen-bond donors (Lipinski definition) is 2. The number of ether oxygens (including phenoxy) is 1. The molecule has 1 aromatic carbocycles. The molecule has 15 heavy (non-hydrogen) atoms. The quantitative estimate of drug-likeness (QED) is 0.731. The van der Waals surface area contributed by atoms with Gasteiger partial charge in [0.1, 0.15) is 12.4 Å². The normalized spacial score (nSPS) is 12.8. The van der Waals surface area contributed by atoms with Crippen LogP contribution in [0, 0.1) is 0 Å². The Bertz CT molecular complexity index is 326. The van der Waals surface area contributed by atoms with E-state index in [9.17, 15) is 0 Å². The van der Waals surface area contributed by atoms with E-state index in [0.29, 0.717) is 29.8 Å². The first-order chi connectivity index (χ1) is 7.00. The molecule has 0 amide bonds. The van der Waals surface area contributed by atoms with E-state index in [1.165, 1.54) is 0 Å². The van der Waals surface area contributed by atoms with Gasteiger partial charge in [-0.3, -0.25) is 0 Å². The van der Waals surface area contributed by atoms with Crippen molar-refractivity contribution in [3.63, 3.8) is 0 Å². The minimum atomic E-state index is 0.349. The SMILES string of the molecule is CC(COc1ccc(N)cc1N)N(C)C. The highest BCUT2D eigenvalue weighted by molar-refractivity contribution is 5.60. The largest absolute Gasteiger partial charge is 0.490 e. The molecule has 0 spiro atoms. The lowest BCUT2D eigenvalue weighted by molar-refractivity contribution is 0.199. The van der Waals surface area contributed by atoms with Gasteiger partial charge in [0.05, 0.1) is 5.69 Å². The molecule has 4 N–H and O–H groups in total. The summed E-state index contributed by atoms with van der Waals surface area (Å²) in [5.74, 6) is 0.693. The third kappa shape index (κ3) is 3.32. The molecule has 0 aliphatic carbocycles. The third-order valence-corrected chi connectivity index (χ3v) is 2.40. The van der Waals surface area contributed by atoms with E-state index < -0.39 is 0 Å². The summed E-state index contributed by atoms with van der Waals surface area (Å²) in [6.45, 7) is 2.70. The molecule has 0 aliphatic rings. The van der Waals surface area contributed by atoms with Crippen molar-refractivity contribution >= 4 is 11.4 Å². The van der Waals surface area contributed by atoms with Crippen LogP contribution >= 0.6 is 0 Å². The van der Waals surface area contributed by atoms with Crippen molar-refractivity contribution in [1.82, 2.24) is 4.90 Å². The Hall–Kier alpha value is -1.42. The van der Waals surface area contributed by atoms with Gasteiger partial charge in [0.15, 0.2) is 0 Å². The van der Waals surface area contributed by atoms with Gasteiger partial charge in [0, 0.05) is 11.7 Å². The van der Waals surface area contributed by atoms with Gasteiger partial charge in [-0.25, -0.2) is 0 Å². The number of rotatable bonds is 4. The fourth-order valence-corrected chi connectivity index (χ4v) is 1.06. The third-order valence-electron chi connectivity index (χ3n) is 2.40. The molecular formula is C11H19N3O. The molecule has 1 rings (SSSR count). The molecule has 4 heteroatoms. The van der Waals surface area contributed by atoms with E-state index in [1.807, 2.05) is 14.1 Å². The number of hydrogen-bond acceptors (Lipinski definition) is 4. The molecule has 0 radical (unpaired) electrons. The first-order valence-corrected chi connectivity index (χ1v) is 4.95. The Kier molecular flexibility index (Phi) is 3.80. The lowest BCUT2D eigenvalue weighted by atomic mass is 10.2. The van der Waals surface area contributed by atoms with Gasteiger partial charge in [-0.2, -0.15) is 0 Å². The van der Waals surface area contributed by atoms with Crippen LogP contribution < -0.4 is 16.2 Å². The summed E-state index contributed by atoms with van der Waals surface area (Å²) in [6, 6.07) is 5.64. The second-order valence-corrected chi connectivity index (χ2v) is 3.92. The van der Waals surface area contributed by atoms with Crippen molar-refractivity contribution in [2.45, 2.75) is 13.0 Å². The average Bonchev–Trinajstić information content (AvgIpc) is 2.15. The maximum Gasteiger partial charge on any atom is 0.142 e. The molecule has 0 saturated carbocycles. The maximum absolute atomic E-state index is 5.77. The van der Waals surface area contributed by atoms with Gasteiger partial charge in [-0.15, -0.1) is 0 Å². The van der Waals surface area contributed by atoms with Gasteiger partial charge in [-0.05, 0) is 39.2 Å². The van der Waals surface area contributed by atoms with Crippen molar-refractivity contribution in [3.05, 3.63) is 18.2 Å². The smallest absolute Gasteiger partial charge is 0.142 e. The van der Waals surface area contributed by atoms with Crippen molar-refractivity contribution in [3.8, 4) is 5.75 Å². The molecular weight excluding hydrogens is 190 g/mol. The second-order valence-electron chi connectivity index (χ2n) is 3.92. The van der Waals surface area contributed by atoms with Crippen molar-refractivity contribution in [1.29, 1.82) is 0 Å². The van der Waals surface area contributed by atoms with Crippen LogP contribution in [0.2, 0.25) is 0 Å². The summed E-state index contributed by atoms with van der Waals surface area (Å²) >= 11 is 0. The second kappa shape index (κ2) is 4.89. The summed E-state index contributed by atoms with van der Waals surface area (Å²) in [6.07, 6.45) is 0. The summed E-state index contributed by atoms with van der Waals surface area (Å²) < 4.78 is 5.59.